The van der Waals surface area contributed by atoms with Crippen molar-refractivity contribution in [3.63, 3.8) is 0 Å². The molecule has 0 aliphatic carbocycles. The van der Waals surface area contributed by atoms with E-state index >= 15 is 0 Å². The van der Waals surface area contributed by atoms with Gasteiger partial charge < -0.3 is 9.64 Å². The second-order valence-corrected chi connectivity index (χ2v) is 7.05. The smallest absolute Gasteiger partial charge is 0.282 e. The third kappa shape index (κ3) is 2.76. The van der Waals surface area contributed by atoms with E-state index < -0.39 is 0 Å². The zero-order chi connectivity index (χ0) is 17.4. The van der Waals surface area contributed by atoms with Crippen molar-refractivity contribution in [3.05, 3.63) is 57.4 Å². The molecule has 0 radical (unpaired) electrons. The van der Waals surface area contributed by atoms with Crippen molar-refractivity contribution in [1.29, 1.82) is 0 Å². The van der Waals surface area contributed by atoms with E-state index in [-0.39, 0.29) is 11.8 Å². The molecule has 2 amide bonds. The molecule has 1 aromatic heterocycles. The summed E-state index contributed by atoms with van der Waals surface area (Å²) in [6.07, 6.45) is 0. The van der Waals surface area contributed by atoms with Crippen LogP contribution in [0.25, 0.3) is 5.57 Å². The van der Waals surface area contributed by atoms with Crippen molar-refractivity contribution in [2.75, 3.05) is 31.2 Å². The lowest BCUT2D eigenvalue weighted by atomic mass is 10.1. The number of anilines is 1. The van der Waals surface area contributed by atoms with E-state index in [1.54, 1.807) is 24.3 Å². The molecule has 0 unspecified atom stereocenters. The Hall–Kier alpha value is -2.15. The summed E-state index contributed by atoms with van der Waals surface area (Å²) in [7, 11) is 0. The first-order chi connectivity index (χ1) is 12.2. The Morgan fingerprint density at radius 2 is 1.76 bits per heavy atom. The molecule has 0 atom stereocenters. The van der Waals surface area contributed by atoms with Crippen LogP contribution in [-0.4, -0.2) is 43.0 Å². The molecule has 7 heteroatoms. The molecule has 0 spiro atoms. The Morgan fingerprint density at radius 3 is 2.44 bits per heavy atom. The molecule has 25 heavy (non-hydrogen) atoms. The molecule has 2 aromatic rings. The predicted octanol–water partition coefficient (Wildman–Crippen LogP) is 3.02. The molecule has 5 nitrogen and oxygen atoms in total. The number of ether oxygens (including phenoxy) is 1. The number of amides is 2. The number of halogens is 1. The molecule has 1 saturated heterocycles. The first-order valence-corrected chi connectivity index (χ1v) is 9.18. The van der Waals surface area contributed by atoms with Gasteiger partial charge in [-0.05, 0) is 23.6 Å². The van der Waals surface area contributed by atoms with Gasteiger partial charge in [0.05, 0.1) is 29.5 Å². The summed E-state index contributed by atoms with van der Waals surface area (Å²) in [5.41, 5.74) is 1.30. The van der Waals surface area contributed by atoms with Gasteiger partial charge in [0.15, 0.2) is 0 Å². The minimum atomic E-state index is -0.331. The van der Waals surface area contributed by atoms with E-state index in [2.05, 4.69) is 0 Å². The van der Waals surface area contributed by atoms with Crippen molar-refractivity contribution in [2.45, 2.75) is 0 Å². The van der Waals surface area contributed by atoms with Gasteiger partial charge in [-0.2, -0.15) is 0 Å². The van der Waals surface area contributed by atoms with E-state index in [1.165, 1.54) is 16.2 Å². The van der Waals surface area contributed by atoms with Gasteiger partial charge in [0, 0.05) is 18.0 Å². The molecule has 0 saturated carbocycles. The van der Waals surface area contributed by atoms with Gasteiger partial charge in [0.2, 0.25) is 0 Å². The number of carbonyl (C=O) groups excluding carboxylic acids is 2. The Labute approximate surface area is 154 Å². The predicted molar refractivity (Wildman–Crippen MR) is 97.6 cm³/mol. The molecule has 2 aliphatic heterocycles. The van der Waals surface area contributed by atoms with Crippen molar-refractivity contribution in [1.82, 2.24) is 4.90 Å². The number of benzene rings is 1. The van der Waals surface area contributed by atoms with E-state index in [4.69, 9.17) is 16.3 Å². The highest BCUT2D eigenvalue weighted by Crippen LogP contribution is 2.38. The number of hydrogen-bond acceptors (Lipinski definition) is 5. The van der Waals surface area contributed by atoms with E-state index in [0.717, 1.165) is 4.88 Å². The van der Waals surface area contributed by atoms with Crippen LogP contribution in [-0.2, 0) is 14.3 Å². The van der Waals surface area contributed by atoms with Crippen LogP contribution in [0.15, 0.2) is 47.5 Å². The number of morpholine rings is 1. The van der Waals surface area contributed by atoms with Crippen LogP contribution in [0.5, 0.6) is 0 Å². The topological polar surface area (TPSA) is 49.9 Å². The fraction of sp³-hybridized carbons (Fsp3) is 0.222. The third-order valence-electron chi connectivity index (χ3n) is 4.25. The fourth-order valence-corrected chi connectivity index (χ4v) is 4.08. The number of hydrogen-bond donors (Lipinski definition) is 0. The number of para-hydroxylation sites is 1. The van der Waals surface area contributed by atoms with Crippen LogP contribution < -0.4 is 4.90 Å². The number of rotatable bonds is 3. The highest BCUT2D eigenvalue weighted by molar-refractivity contribution is 7.11. The fourth-order valence-electron chi connectivity index (χ4n) is 3.09. The molecule has 2 aliphatic rings. The standard InChI is InChI=1S/C18H15ClN2O3S/c19-12-4-1-2-5-13(12)21-17(22)15(14-6-3-11-25-14)16(18(21)23)20-7-9-24-10-8-20/h1-6,11H,7-10H2. The van der Waals surface area contributed by atoms with Crippen LogP contribution in [0, 0.1) is 0 Å². The summed E-state index contributed by atoms with van der Waals surface area (Å²) < 4.78 is 5.39. The van der Waals surface area contributed by atoms with Crippen molar-refractivity contribution in [2.24, 2.45) is 0 Å². The summed E-state index contributed by atoms with van der Waals surface area (Å²) in [5, 5.41) is 2.27. The van der Waals surface area contributed by atoms with Crippen molar-refractivity contribution in [3.8, 4) is 0 Å². The zero-order valence-corrected chi connectivity index (χ0v) is 14.8. The first kappa shape index (κ1) is 16.3. The molecule has 1 fully saturated rings. The highest BCUT2D eigenvalue weighted by atomic mass is 35.5. The summed E-state index contributed by atoms with van der Waals surface area (Å²) >= 11 is 7.69. The number of nitrogens with zero attached hydrogens (tertiary/aromatic N) is 2. The second kappa shape index (κ2) is 6.63. The van der Waals surface area contributed by atoms with E-state index in [0.29, 0.717) is 48.3 Å². The van der Waals surface area contributed by atoms with Crippen LogP contribution >= 0.6 is 22.9 Å². The quantitative estimate of drug-likeness (QED) is 0.775. The third-order valence-corrected chi connectivity index (χ3v) is 5.45. The Balaban J connectivity index is 1.83. The highest BCUT2D eigenvalue weighted by Gasteiger charge is 2.43. The summed E-state index contributed by atoms with van der Waals surface area (Å²) in [6, 6.07) is 10.6. The van der Waals surface area contributed by atoms with Crippen molar-refractivity contribution >= 4 is 46.0 Å². The Bertz CT molecular complexity index is 857. The normalized spacial score (nSPS) is 18.4. The van der Waals surface area contributed by atoms with Crippen LogP contribution in [0.3, 0.4) is 0 Å². The number of imide groups is 1. The van der Waals surface area contributed by atoms with Gasteiger partial charge in [-0.3, -0.25) is 9.59 Å². The molecule has 0 bridgehead atoms. The SMILES string of the molecule is O=C1C(c2cccs2)=C(N2CCOCC2)C(=O)N1c1ccccc1Cl. The summed E-state index contributed by atoms with van der Waals surface area (Å²) in [5.74, 6) is -0.662. The lowest BCUT2D eigenvalue weighted by Gasteiger charge is -2.29. The summed E-state index contributed by atoms with van der Waals surface area (Å²) in [4.78, 5) is 30.3. The zero-order valence-electron chi connectivity index (χ0n) is 13.3. The van der Waals surface area contributed by atoms with Crippen LogP contribution in [0.4, 0.5) is 5.69 Å². The van der Waals surface area contributed by atoms with E-state index in [9.17, 15) is 9.59 Å². The second-order valence-electron chi connectivity index (χ2n) is 5.70. The first-order valence-electron chi connectivity index (χ1n) is 7.92. The maximum atomic E-state index is 13.2. The Morgan fingerprint density at radius 1 is 1.00 bits per heavy atom. The van der Waals surface area contributed by atoms with Gasteiger partial charge in [0.1, 0.15) is 5.70 Å². The van der Waals surface area contributed by atoms with Gasteiger partial charge >= 0.3 is 0 Å². The van der Waals surface area contributed by atoms with Gasteiger partial charge in [-0.15, -0.1) is 11.3 Å². The minimum absolute atomic E-state index is 0.330. The van der Waals surface area contributed by atoms with Crippen LogP contribution in [0.1, 0.15) is 4.88 Å². The van der Waals surface area contributed by atoms with Gasteiger partial charge in [-0.1, -0.05) is 29.8 Å². The molecule has 3 heterocycles. The average Bonchev–Trinajstić information content (AvgIpc) is 3.23. The molecule has 128 valence electrons. The largest absolute Gasteiger partial charge is 0.378 e. The number of carbonyl (C=O) groups is 2. The average molecular weight is 375 g/mol. The summed E-state index contributed by atoms with van der Waals surface area (Å²) in [6.45, 7) is 2.24. The van der Waals surface area contributed by atoms with Crippen LogP contribution in [0.2, 0.25) is 5.02 Å². The van der Waals surface area contributed by atoms with E-state index in [1.807, 2.05) is 22.4 Å². The monoisotopic (exact) mass is 374 g/mol. The molecular weight excluding hydrogens is 360 g/mol. The minimum Gasteiger partial charge on any atom is -0.378 e. The van der Waals surface area contributed by atoms with Gasteiger partial charge in [-0.25, -0.2) is 4.90 Å². The molecule has 4 rings (SSSR count). The maximum Gasteiger partial charge on any atom is 0.282 e. The maximum absolute atomic E-state index is 13.2. The molecular formula is C18H15ClN2O3S. The lowest BCUT2D eigenvalue weighted by molar-refractivity contribution is -0.121. The Kier molecular flexibility index (Phi) is 4.33. The molecule has 1 aromatic carbocycles. The lowest BCUT2D eigenvalue weighted by Crippen LogP contribution is -2.40. The number of thiophene rings is 1. The van der Waals surface area contributed by atoms with Crippen molar-refractivity contribution < 1.29 is 14.3 Å². The molecule has 0 N–H and O–H groups in total. The van der Waals surface area contributed by atoms with Gasteiger partial charge in [0.25, 0.3) is 11.8 Å².